The summed E-state index contributed by atoms with van der Waals surface area (Å²) in [5.74, 6) is 0. The van der Waals surface area contributed by atoms with E-state index in [2.05, 4.69) is 310 Å². The number of hydrogen-bond donors (Lipinski definition) is 0. The normalized spacial score (nSPS) is 11.7. The number of nitrogens with zero attached hydrogens (tertiary/aromatic N) is 4. The Kier molecular flexibility index (Phi) is 10.2. The van der Waals surface area contributed by atoms with E-state index in [9.17, 15) is 0 Å². The topological polar surface area (TPSA) is 16.3 Å². The minimum Gasteiger partial charge on any atom is -0.310 e. The van der Waals surface area contributed by atoms with E-state index in [1.54, 1.807) is 0 Å². The van der Waals surface area contributed by atoms with Gasteiger partial charge in [-0.3, -0.25) is 0 Å². The van der Waals surface area contributed by atoms with Gasteiger partial charge in [-0.1, -0.05) is 176 Å². The Labute approximate surface area is 440 Å². The predicted octanol–water partition coefficient (Wildman–Crippen LogP) is 19.9. The molecule has 0 fully saturated rings. The van der Waals surface area contributed by atoms with Gasteiger partial charge < -0.3 is 18.9 Å². The van der Waals surface area contributed by atoms with Crippen LogP contribution in [0.25, 0.3) is 98.4 Å². The van der Waals surface area contributed by atoms with E-state index in [0.29, 0.717) is 0 Å². The number of aromatic nitrogens is 2. The van der Waals surface area contributed by atoms with Gasteiger partial charge in [0.05, 0.1) is 27.8 Å². The highest BCUT2D eigenvalue weighted by Crippen LogP contribution is 2.46. The molecule has 4 nitrogen and oxygen atoms in total. The second-order valence-corrected chi connectivity index (χ2v) is 19.7. The number of hydrogen-bond acceptors (Lipinski definition) is 2. The second kappa shape index (κ2) is 17.8. The van der Waals surface area contributed by atoms with Crippen LogP contribution < -0.4 is 9.80 Å². The Hall–Kier alpha value is -10.2. The standard InChI is InChI=1S/C72H48N4/c1-3-21-54(22-4-1)75-68-29-15-13-27-64(68)66-47-59(39-42-71(66)75)73(57-37-31-49-17-7-9-19-52(49)45-57)56-35-33-51(34-36-56)61-41-44-70(63-26-12-11-25-62(61)63)74(58-38-32-50-18-8-10-20-53(50)46-58)60-40-43-72-67(48-60)65-28-14-16-30-69(65)76(72)55-23-5-2-6-24-55/h1-48H. The molecule has 15 rings (SSSR count). The fraction of sp³-hybridized carbons (Fsp3) is 0. The van der Waals surface area contributed by atoms with Crippen LogP contribution in [-0.2, 0) is 0 Å². The first kappa shape index (κ1) is 43.4. The van der Waals surface area contributed by atoms with Crippen LogP contribution in [0.15, 0.2) is 291 Å². The summed E-state index contributed by atoms with van der Waals surface area (Å²) >= 11 is 0. The van der Waals surface area contributed by atoms with Crippen molar-refractivity contribution in [2.24, 2.45) is 0 Å². The Morgan fingerprint density at radius 2 is 0.618 bits per heavy atom. The molecule has 2 aromatic heterocycles. The number of para-hydroxylation sites is 4. The van der Waals surface area contributed by atoms with Crippen LogP contribution in [0, 0.1) is 0 Å². The Morgan fingerprint density at radius 1 is 0.224 bits per heavy atom. The molecule has 0 aliphatic carbocycles. The second-order valence-electron chi connectivity index (χ2n) is 19.7. The molecule has 13 aromatic carbocycles. The highest BCUT2D eigenvalue weighted by Gasteiger charge is 2.22. The summed E-state index contributed by atoms with van der Waals surface area (Å²) in [6, 6.07) is 106. The smallest absolute Gasteiger partial charge is 0.0542 e. The van der Waals surface area contributed by atoms with Crippen LogP contribution >= 0.6 is 0 Å². The van der Waals surface area contributed by atoms with Gasteiger partial charge in [0.1, 0.15) is 0 Å². The Bertz CT molecular complexity index is 4700. The van der Waals surface area contributed by atoms with E-state index < -0.39 is 0 Å². The molecule has 0 saturated heterocycles. The van der Waals surface area contributed by atoms with E-state index in [0.717, 1.165) is 51.1 Å². The molecule has 0 amide bonds. The minimum absolute atomic E-state index is 1.08. The molecule has 0 saturated carbocycles. The molecule has 0 atom stereocenters. The third-order valence-corrected chi connectivity index (χ3v) is 15.4. The molecule has 4 heteroatoms. The third kappa shape index (κ3) is 7.14. The van der Waals surface area contributed by atoms with Crippen molar-refractivity contribution in [3.8, 4) is 22.5 Å². The van der Waals surface area contributed by atoms with Crippen LogP contribution in [-0.4, -0.2) is 9.13 Å². The van der Waals surface area contributed by atoms with E-state index in [4.69, 9.17) is 0 Å². The van der Waals surface area contributed by atoms with Crippen molar-refractivity contribution in [3.05, 3.63) is 291 Å². The van der Waals surface area contributed by atoms with Crippen LogP contribution in [0.4, 0.5) is 34.1 Å². The van der Waals surface area contributed by atoms with Crippen molar-refractivity contribution in [2.45, 2.75) is 0 Å². The van der Waals surface area contributed by atoms with Crippen LogP contribution in [0.1, 0.15) is 0 Å². The van der Waals surface area contributed by atoms with E-state index >= 15 is 0 Å². The average Bonchev–Trinajstić information content (AvgIpc) is 4.00. The third-order valence-electron chi connectivity index (χ3n) is 15.4. The molecule has 0 aliphatic rings. The first-order valence-corrected chi connectivity index (χ1v) is 26.1. The lowest BCUT2D eigenvalue weighted by Crippen LogP contribution is -2.11. The zero-order valence-corrected chi connectivity index (χ0v) is 41.5. The molecule has 0 aliphatic heterocycles. The zero-order valence-electron chi connectivity index (χ0n) is 41.5. The van der Waals surface area contributed by atoms with Gasteiger partial charge in [0.25, 0.3) is 0 Å². The fourth-order valence-corrected chi connectivity index (χ4v) is 11.9. The van der Waals surface area contributed by atoms with Crippen molar-refractivity contribution >= 4 is 110 Å². The summed E-state index contributed by atoms with van der Waals surface area (Å²) in [4.78, 5) is 4.85. The van der Waals surface area contributed by atoms with Crippen LogP contribution in [0.5, 0.6) is 0 Å². The van der Waals surface area contributed by atoms with Crippen molar-refractivity contribution in [3.63, 3.8) is 0 Å². The van der Waals surface area contributed by atoms with Gasteiger partial charge in [-0.05, 0) is 153 Å². The molecule has 0 radical (unpaired) electrons. The predicted molar refractivity (Wildman–Crippen MR) is 322 cm³/mol. The Balaban J connectivity index is 0.870. The number of rotatable bonds is 9. The molecular weight excluding hydrogens is 921 g/mol. The molecule has 0 bridgehead atoms. The number of benzene rings is 13. The summed E-state index contributed by atoms with van der Waals surface area (Å²) in [6.07, 6.45) is 0. The molecule has 0 spiro atoms. The zero-order chi connectivity index (χ0) is 50.1. The van der Waals surface area contributed by atoms with Crippen molar-refractivity contribution < 1.29 is 0 Å². The van der Waals surface area contributed by atoms with Gasteiger partial charge in [-0.15, -0.1) is 0 Å². The molecule has 15 aromatic rings. The lowest BCUT2D eigenvalue weighted by Gasteiger charge is -2.28. The summed E-state index contributed by atoms with van der Waals surface area (Å²) in [5.41, 5.74) is 15.9. The molecule has 76 heavy (non-hydrogen) atoms. The van der Waals surface area contributed by atoms with Gasteiger partial charge >= 0.3 is 0 Å². The maximum absolute atomic E-state index is 2.45. The van der Waals surface area contributed by atoms with Gasteiger partial charge in [-0.25, -0.2) is 0 Å². The summed E-state index contributed by atoms with van der Waals surface area (Å²) in [5, 5.41) is 12.1. The van der Waals surface area contributed by atoms with Crippen molar-refractivity contribution in [1.82, 2.24) is 9.13 Å². The lowest BCUT2D eigenvalue weighted by molar-refractivity contribution is 1.18. The maximum Gasteiger partial charge on any atom is 0.0542 e. The SMILES string of the molecule is c1ccc(-n2c3ccccc3c3cc(N(c4ccc(-c5ccc(N(c6ccc7ccccc7c6)c6ccc7c(c6)c6ccccc6n7-c6ccccc6)c6ccccc56)cc4)c4ccc5ccccc5c4)ccc32)cc1. The lowest BCUT2D eigenvalue weighted by atomic mass is 9.95. The van der Waals surface area contributed by atoms with Crippen LogP contribution in [0.3, 0.4) is 0 Å². The largest absolute Gasteiger partial charge is 0.310 e. The Morgan fingerprint density at radius 3 is 1.17 bits per heavy atom. The molecule has 0 unspecified atom stereocenters. The highest BCUT2D eigenvalue weighted by molar-refractivity contribution is 6.13. The molecule has 2 heterocycles. The summed E-state index contributed by atoms with van der Waals surface area (Å²) in [7, 11) is 0. The van der Waals surface area contributed by atoms with E-state index in [1.165, 1.54) is 81.5 Å². The summed E-state index contributed by atoms with van der Waals surface area (Å²) < 4.78 is 4.76. The minimum atomic E-state index is 1.08. The highest BCUT2D eigenvalue weighted by atomic mass is 15.2. The monoisotopic (exact) mass is 968 g/mol. The van der Waals surface area contributed by atoms with Gasteiger partial charge in [0.2, 0.25) is 0 Å². The first-order valence-electron chi connectivity index (χ1n) is 26.1. The number of fused-ring (bicyclic) bond motifs is 9. The van der Waals surface area contributed by atoms with Crippen molar-refractivity contribution in [2.75, 3.05) is 9.80 Å². The maximum atomic E-state index is 2.45. The van der Waals surface area contributed by atoms with Gasteiger partial charge in [-0.2, -0.15) is 0 Å². The van der Waals surface area contributed by atoms with E-state index in [1.807, 2.05) is 0 Å². The van der Waals surface area contributed by atoms with Crippen LogP contribution in [0.2, 0.25) is 0 Å². The first-order chi connectivity index (χ1) is 37.7. The average molecular weight is 969 g/mol. The fourth-order valence-electron chi connectivity index (χ4n) is 11.9. The van der Waals surface area contributed by atoms with Crippen molar-refractivity contribution in [1.29, 1.82) is 0 Å². The molecule has 356 valence electrons. The number of anilines is 6. The van der Waals surface area contributed by atoms with E-state index in [-0.39, 0.29) is 0 Å². The van der Waals surface area contributed by atoms with Gasteiger partial charge in [0, 0.05) is 66.7 Å². The molecule has 0 N–H and O–H groups in total. The quantitative estimate of drug-likeness (QED) is 0.143. The van der Waals surface area contributed by atoms with Gasteiger partial charge in [0.15, 0.2) is 0 Å². The molecular formula is C72H48N4. The summed E-state index contributed by atoms with van der Waals surface area (Å²) in [6.45, 7) is 0.